The van der Waals surface area contributed by atoms with Crippen LogP contribution in [0.25, 0.3) is 0 Å². The van der Waals surface area contributed by atoms with Crippen LogP contribution in [0.5, 0.6) is 5.75 Å². The molecule has 0 bridgehead atoms. The first-order valence-corrected chi connectivity index (χ1v) is 7.59. The first-order chi connectivity index (χ1) is 11.2. The van der Waals surface area contributed by atoms with E-state index >= 15 is 0 Å². The van der Waals surface area contributed by atoms with Crippen LogP contribution in [0, 0.1) is 5.82 Å². The van der Waals surface area contributed by atoms with E-state index in [1.54, 1.807) is 26.3 Å². The van der Waals surface area contributed by atoms with Crippen LogP contribution in [0.1, 0.15) is 6.92 Å². The van der Waals surface area contributed by atoms with E-state index < -0.39 is 0 Å². The number of methoxy groups -OCH3 is 1. The number of hydrogen-bond donors (Lipinski definition) is 2. The minimum absolute atomic E-state index is 0.131. The molecule has 0 aliphatic carbocycles. The van der Waals surface area contributed by atoms with E-state index in [0.717, 1.165) is 0 Å². The highest BCUT2D eigenvalue weighted by Gasteiger charge is 2.06. The minimum atomic E-state index is -0.311. The summed E-state index contributed by atoms with van der Waals surface area (Å²) in [5, 5.41) is 6.28. The number of nitrogens with one attached hydrogen (secondary N) is 2. The third-order valence-corrected chi connectivity index (χ3v) is 2.88. The van der Waals surface area contributed by atoms with Gasteiger partial charge < -0.3 is 24.8 Å². The van der Waals surface area contributed by atoms with Gasteiger partial charge in [0.05, 0.1) is 26.4 Å². The van der Waals surface area contributed by atoms with Gasteiger partial charge in [-0.3, -0.25) is 4.99 Å². The summed E-state index contributed by atoms with van der Waals surface area (Å²) in [5.41, 5.74) is 0. The smallest absolute Gasteiger partial charge is 0.191 e. The topological polar surface area (TPSA) is 64.1 Å². The van der Waals surface area contributed by atoms with Gasteiger partial charge in [0.1, 0.15) is 17.7 Å². The molecule has 0 aliphatic heterocycles. The summed E-state index contributed by atoms with van der Waals surface area (Å²) in [7, 11) is 3.33. The number of rotatable bonds is 10. The molecule has 0 saturated carbocycles. The number of guanidine groups is 1. The average Bonchev–Trinajstić information content (AvgIpc) is 2.53. The second kappa shape index (κ2) is 11.7. The van der Waals surface area contributed by atoms with Gasteiger partial charge in [0.15, 0.2) is 5.96 Å². The van der Waals surface area contributed by atoms with Crippen molar-refractivity contribution in [2.24, 2.45) is 4.99 Å². The fourth-order valence-electron chi connectivity index (χ4n) is 1.76. The van der Waals surface area contributed by atoms with E-state index in [1.807, 2.05) is 6.92 Å². The predicted octanol–water partition coefficient (Wildman–Crippen LogP) is 1.42. The second-order valence-electron chi connectivity index (χ2n) is 4.87. The molecule has 0 aliphatic rings. The Hall–Kier alpha value is -1.86. The predicted molar refractivity (Wildman–Crippen MR) is 88.5 cm³/mol. The fraction of sp³-hybridized carbons (Fsp3) is 0.562. The van der Waals surface area contributed by atoms with E-state index in [0.29, 0.717) is 44.6 Å². The zero-order valence-electron chi connectivity index (χ0n) is 14.0. The molecule has 1 atom stereocenters. The Bertz CT molecular complexity index is 472. The van der Waals surface area contributed by atoms with Crippen molar-refractivity contribution in [3.8, 4) is 5.75 Å². The quantitative estimate of drug-likeness (QED) is 0.387. The van der Waals surface area contributed by atoms with E-state index in [2.05, 4.69) is 15.6 Å². The fourth-order valence-corrected chi connectivity index (χ4v) is 1.76. The van der Waals surface area contributed by atoms with Gasteiger partial charge in [-0.1, -0.05) is 6.07 Å². The molecule has 1 unspecified atom stereocenters. The minimum Gasteiger partial charge on any atom is -0.489 e. The first kappa shape index (κ1) is 19.2. The number of aliphatic imine (C=N–C) groups is 1. The molecule has 0 spiro atoms. The second-order valence-corrected chi connectivity index (χ2v) is 4.87. The number of nitrogens with zero attached hydrogens (tertiary/aromatic N) is 1. The van der Waals surface area contributed by atoms with Crippen molar-refractivity contribution in [1.82, 2.24) is 10.6 Å². The van der Waals surface area contributed by atoms with E-state index in [9.17, 15) is 4.39 Å². The molecule has 0 aromatic heterocycles. The van der Waals surface area contributed by atoms with Crippen LogP contribution in [0.15, 0.2) is 29.3 Å². The summed E-state index contributed by atoms with van der Waals surface area (Å²) in [5.74, 6) is 0.859. The molecule has 0 amide bonds. The van der Waals surface area contributed by atoms with Crippen molar-refractivity contribution in [2.75, 3.05) is 47.1 Å². The molecule has 6 nitrogen and oxygen atoms in total. The van der Waals surface area contributed by atoms with Crippen LogP contribution in [0.4, 0.5) is 4.39 Å². The molecule has 1 aromatic rings. The van der Waals surface area contributed by atoms with Crippen molar-refractivity contribution in [1.29, 1.82) is 0 Å². The van der Waals surface area contributed by atoms with Crippen LogP contribution >= 0.6 is 0 Å². The van der Waals surface area contributed by atoms with E-state index in [4.69, 9.17) is 14.2 Å². The Labute approximate surface area is 137 Å². The summed E-state index contributed by atoms with van der Waals surface area (Å²) in [6.45, 7) is 4.81. The van der Waals surface area contributed by atoms with Crippen molar-refractivity contribution >= 4 is 5.96 Å². The third kappa shape index (κ3) is 9.00. The SMILES string of the molecule is CN=C(NCCOCCOC)NCC(C)Oc1cccc(F)c1. The highest BCUT2D eigenvalue weighted by Crippen LogP contribution is 2.13. The van der Waals surface area contributed by atoms with Crippen LogP contribution in [-0.2, 0) is 9.47 Å². The van der Waals surface area contributed by atoms with Gasteiger partial charge in [-0.15, -0.1) is 0 Å². The maximum Gasteiger partial charge on any atom is 0.191 e. The Morgan fingerprint density at radius 3 is 2.78 bits per heavy atom. The molecule has 23 heavy (non-hydrogen) atoms. The zero-order chi connectivity index (χ0) is 16.9. The molecule has 0 radical (unpaired) electrons. The first-order valence-electron chi connectivity index (χ1n) is 7.59. The highest BCUT2D eigenvalue weighted by molar-refractivity contribution is 5.79. The van der Waals surface area contributed by atoms with Gasteiger partial charge >= 0.3 is 0 Å². The van der Waals surface area contributed by atoms with Crippen LogP contribution < -0.4 is 15.4 Å². The summed E-state index contributed by atoms with van der Waals surface area (Å²) < 4.78 is 29.0. The lowest BCUT2D eigenvalue weighted by Crippen LogP contribution is -2.42. The number of benzene rings is 1. The number of halogens is 1. The zero-order valence-corrected chi connectivity index (χ0v) is 14.0. The van der Waals surface area contributed by atoms with Crippen molar-refractivity contribution in [2.45, 2.75) is 13.0 Å². The van der Waals surface area contributed by atoms with Gasteiger partial charge in [-0.25, -0.2) is 4.39 Å². The van der Waals surface area contributed by atoms with E-state index in [1.165, 1.54) is 12.1 Å². The Balaban J connectivity index is 2.20. The highest BCUT2D eigenvalue weighted by atomic mass is 19.1. The number of ether oxygens (including phenoxy) is 3. The van der Waals surface area contributed by atoms with Crippen LogP contribution in [0.3, 0.4) is 0 Å². The van der Waals surface area contributed by atoms with Crippen molar-refractivity contribution in [3.63, 3.8) is 0 Å². The molecular formula is C16H26FN3O3. The molecule has 0 fully saturated rings. The third-order valence-electron chi connectivity index (χ3n) is 2.88. The van der Waals surface area contributed by atoms with Crippen LogP contribution in [0.2, 0.25) is 0 Å². The summed E-state index contributed by atoms with van der Waals surface area (Å²) in [6, 6.07) is 6.09. The molecule has 1 rings (SSSR count). The molecule has 0 saturated heterocycles. The van der Waals surface area contributed by atoms with E-state index in [-0.39, 0.29) is 11.9 Å². The lowest BCUT2D eigenvalue weighted by atomic mass is 10.3. The van der Waals surface area contributed by atoms with Gasteiger partial charge in [0.25, 0.3) is 0 Å². The average molecular weight is 327 g/mol. The summed E-state index contributed by atoms with van der Waals surface area (Å²) >= 11 is 0. The number of hydrogen-bond acceptors (Lipinski definition) is 4. The lowest BCUT2D eigenvalue weighted by Gasteiger charge is -2.17. The normalized spacial score (nSPS) is 12.8. The molecule has 0 heterocycles. The summed E-state index contributed by atoms with van der Waals surface area (Å²) in [4.78, 5) is 4.11. The van der Waals surface area contributed by atoms with Gasteiger partial charge in [-0.05, 0) is 19.1 Å². The Kier molecular flexibility index (Phi) is 9.74. The maximum atomic E-state index is 13.1. The van der Waals surface area contributed by atoms with Crippen LogP contribution in [-0.4, -0.2) is 59.1 Å². The maximum absolute atomic E-state index is 13.1. The lowest BCUT2D eigenvalue weighted by molar-refractivity contribution is 0.0733. The Morgan fingerprint density at radius 1 is 1.26 bits per heavy atom. The van der Waals surface area contributed by atoms with Crippen molar-refractivity contribution < 1.29 is 18.6 Å². The Morgan fingerprint density at radius 2 is 2.09 bits per heavy atom. The van der Waals surface area contributed by atoms with Gasteiger partial charge in [0, 0.05) is 26.8 Å². The molecular weight excluding hydrogens is 301 g/mol. The van der Waals surface area contributed by atoms with Gasteiger partial charge in [-0.2, -0.15) is 0 Å². The summed E-state index contributed by atoms with van der Waals surface area (Å²) in [6.07, 6.45) is -0.131. The monoisotopic (exact) mass is 327 g/mol. The molecule has 130 valence electrons. The largest absolute Gasteiger partial charge is 0.489 e. The molecule has 2 N–H and O–H groups in total. The van der Waals surface area contributed by atoms with Gasteiger partial charge in [0.2, 0.25) is 0 Å². The molecule has 1 aromatic carbocycles. The molecule has 7 heteroatoms. The standard InChI is InChI=1S/C16H26FN3O3/c1-13(23-15-6-4-5-14(17)11-15)12-20-16(18-2)19-7-8-22-10-9-21-3/h4-6,11,13H,7-10,12H2,1-3H3,(H2,18,19,20). The van der Waals surface area contributed by atoms with Crippen molar-refractivity contribution in [3.05, 3.63) is 30.1 Å².